The van der Waals surface area contributed by atoms with Crippen LogP contribution in [0.5, 0.6) is 0 Å². The third-order valence-corrected chi connectivity index (χ3v) is 0. The third kappa shape index (κ3) is 326. The van der Waals surface area contributed by atoms with E-state index in [-0.39, 0.29) is 6.15 Å². The Labute approximate surface area is 56.7 Å². The summed E-state index contributed by atoms with van der Waals surface area (Å²) in [5.74, 6) is 0. The standard InChI is InChI=1S/CH2O3.H3NO3S.H3N/c2-1(3)4;1-5(2,3)4;/h(H2,2,3,4);(H3,1,2,3,4);1H3. The van der Waals surface area contributed by atoms with Gasteiger partial charge < -0.3 is 16.4 Å². The highest BCUT2D eigenvalue weighted by Crippen LogP contribution is 1.50. The first-order valence-corrected chi connectivity index (χ1v) is 2.91. The molecule has 0 atom stereocenters. The first-order chi connectivity index (χ1) is 3.73. The average Bonchev–Trinajstić information content (AvgIpc) is 1.19. The topological polar surface area (TPSA) is 173 Å². The number of nitrogens with two attached hydrogens (primary N) is 1. The summed E-state index contributed by atoms with van der Waals surface area (Å²) in [7, 11) is -4.17. The second-order valence-electron chi connectivity index (χ2n) is 0.798. The smallest absolute Gasteiger partial charge is 0.450 e. The van der Waals surface area contributed by atoms with Gasteiger partial charge in [-0.05, 0) is 0 Å². The quantitative estimate of drug-likeness (QED) is 0.298. The van der Waals surface area contributed by atoms with Gasteiger partial charge in [0.25, 0.3) is 0 Å². The molecule has 0 spiro atoms. The zero-order chi connectivity index (χ0) is 8.08. The molecule has 8 nitrogen and oxygen atoms in total. The molecule has 0 rings (SSSR count). The Hall–Kier alpha value is -0.900. The van der Waals surface area contributed by atoms with Gasteiger partial charge in [-0.2, -0.15) is 8.42 Å². The summed E-state index contributed by atoms with van der Waals surface area (Å²) in [6.45, 7) is 0. The molecule has 0 unspecified atom stereocenters. The maximum atomic E-state index is 8.97. The molecular formula is CH8N2O6S. The molecule has 0 aromatic rings. The predicted molar refractivity (Wildman–Crippen MR) is 31.4 cm³/mol. The molecule has 0 fully saturated rings. The monoisotopic (exact) mass is 176 g/mol. The Bertz CT molecular complexity index is 158. The van der Waals surface area contributed by atoms with Crippen LogP contribution in [0.25, 0.3) is 0 Å². The summed E-state index contributed by atoms with van der Waals surface area (Å²) >= 11 is 0. The third-order valence-electron chi connectivity index (χ3n) is 0. The van der Waals surface area contributed by atoms with Crippen LogP contribution in [0, 0.1) is 0 Å². The van der Waals surface area contributed by atoms with Crippen molar-refractivity contribution in [3.8, 4) is 0 Å². The Morgan fingerprint density at radius 1 is 1.30 bits per heavy atom. The van der Waals surface area contributed by atoms with Crippen molar-refractivity contribution in [3.05, 3.63) is 0 Å². The van der Waals surface area contributed by atoms with Crippen molar-refractivity contribution in [3.63, 3.8) is 0 Å². The van der Waals surface area contributed by atoms with Gasteiger partial charge in [-0.15, -0.1) is 0 Å². The lowest BCUT2D eigenvalue weighted by Gasteiger charge is -1.70. The van der Waals surface area contributed by atoms with Crippen LogP contribution in [0.1, 0.15) is 0 Å². The van der Waals surface area contributed by atoms with E-state index < -0.39 is 16.5 Å². The molecule has 0 aliphatic heterocycles. The largest absolute Gasteiger partial charge is 0.503 e. The first kappa shape index (κ1) is 16.0. The van der Waals surface area contributed by atoms with Crippen LogP contribution in [-0.4, -0.2) is 29.3 Å². The van der Waals surface area contributed by atoms with Crippen LogP contribution in [0.2, 0.25) is 0 Å². The fourth-order valence-electron chi connectivity index (χ4n) is 0. The summed E-state index contributed by atoms with van der Waals surface area (Å²) in [6.07, 6.45) is -1.83. The molecule has 0 aliphatic rings. The Morgan fingerprint density at radius 2 is 1.30 bits per heavy atom. The highest BCUT2D eigenvalue weighted by atomic mass is 32.2. The van der Waals surface area contributed by atoms with Crippen LogP contribution in [-0.2, 0) is 10.3 Å². The van der Waals surface area contributed by atoms with Gasteiger partial charge in [-0.3, -0.25) is 4.55 Å². The van der Waals surface area contributed by atoms with E-state index in [4.69, 9.17) is 28.0 Å². The van der Waals surface area contributed by atoms with Crippen molar-refractivity contribution in [1.29, 1.82) is 0 Å². The van der Waals surface area contributed by atoms with Gasteiger partial charge in [-0.1, -0.05) is 0 Å². The van der Waals surface area contributed by atoms with E-state index in [1.807, 2.05) is 0 Å². The number of hydrogen-bond acceptors (Lipinski definition) is 4. The zero-order valence-corrected chi connectivity index (χ0v) is 5.58. The molecule has 0 saturated heterocycles. The molecule has 0 saturated carbocycles. The number of carboxylic acid groups (broad SMARTS) is 2. The van der Waals surface area contributed by atoms with Crippen LogP contribution in [0.3, 0.4) is 0 Å². The maximum absolute atomic E-state index is 8.97. The summed E-state index contributed by atoms with van der Waals surface area (Å²) in [4.78, 5) is 8.56. The molecular weight excluding hydrogens is 168 g/mol. The molecule has 0 amide bonds. The van der Waals surface area contributed by atoms with Crippen molar-refractivity contribution >= 4 is 16.5 Å². The molecule has 8 N–H and O–H groups in total. The van der Waals surface area contributed by atoms with Crippen LogP contribution >= 0.6 is 0 Å². The van der Waals surface area contributed by atoms with E-state index in [1.165, 1.54) is 0 Å². The van der Waals surface area contributed by atoms with Gasteiger partial charge in [0.15, 0.2) is 0 Å². The zero-order valence-electron chi connectivity index (χ0n) is 4.76. The van der Waals surface area contributed by atoms with Gasteiger partial charge in [0, 0.05) is 0 Å². The fourth-order valence-corrected chi connectivity index (χ4v) is 0. The minimum atomic E-state index is -4.17. The summed E-state index contributed by atoms with van der Waals surface area (Å²) < 4.78 is 25.2. The van der Waals surface area contributed by atoms with Gasteiger partial charge in [0.1, 0.15) is 0 Å². The van der Waals surface area contributed by atoms with E-state index in [2.05, 4.69) is 5.14 Å². The first-order valence-electron chi connectivity index (χ1n) is 1.40. The lowest BCUT2D eigenvalue weighted by molar-refractivity contribution is 0.137. The lowest BCUT2D eigenvalue weighted by atomic mass is 11.5. The van der Waals surface area contributed by atoms with Crippen molar-refractivity contribution in [2.45, 2.75) is 0 Å². The summed E-state index contributed by atoms with van der Waals surface area (Å²) in [5.41, 5.74) is 0. The molecule has 0 radical (unpaired) electrons. The van der Waals surface area contributed by atoms with Gasteiger partial charge in [-0.25, -0.2) is 9.93 Å². The molecule has 0 bridgehead atoms. The minimum absolute atomic E-state index is 0. The van der Waals surface area contributed by atoms with Crippen molar-refractivity contribution in [2.24, 2.45) is 5.14 Å². The van der Waals surface area contributed by atoms with E-state index in [9.17, 15) is 0 Å². The molecule has 0 heterocycles. The number of carbonyl (C=O) groups is 1. The van der Waals surface area contributed by atoms with Crippen LogP contribution < -0.4 is 11.3 Å². The van der Waals surface area contributed by atoms with Crippen molar-refractivity contribution in [1.82, 2.24) is 6.15 Å². The van der Waals surface area contributed by atoms with E-state index in [0.717, 1.165) is 0 Å². The summed E-state index contributed by atoms with van der Waals surface area (Å²) in [6, 6.07) is 0. The highest BCUT2D eigenvalue weighted by Gasteiger charge is 1.81. The van der Waals surface area contributed by atoms with Gasteiger partial charge in [0.2, 0.25) is 0 Å². The van der Waals surface area contributed by atoms with E-state index in [1.54, 1.807) is 0 Å². The molecule has 0 aromatic carbocycles. The predicted octanol–water partition coefficient (Wildman–Crippen LogP) is -0.868. The van der Waals surface area contributed by atoms with Crippen LogP contribution in [0.4, 0.5) is 4.79 Å². The van der Waals surface area contributed by atoms with Crippen LogP contribution in [0.15, 0.2) is 0 Å². The average molecular weight is 176 g/mol. The normalized spacial score (nSPS) is 8.20. The van der Waals surface area contributed by atoms with E-state index in [0.29, 0.717) is 0 Å². The Balaban J connectivity index is -0.0000000910. The number of rotatable bonds is 0. The van der Waals surface area contributed by atoms with Gasteiger partial charge >= 0.3 is 16.5 Å². The SMILES string of the molecule is N.NS(=O)(=O)O.O=C(O)O. The molecule has 9 heteroatoms. The molecule has 10 heavy (non-hydrogen) atoms. The minimum Gasteiger partial charge on any atom is -0.450 e. The molecule has 0 aromatic heterocycles. The Kier molecular flexibility index (Phi) is 9.99. The summed E-state index contributed by atoms with van der Waals surface area (Å²) in [5, 5.41) is 17.8. The van der Waals surface area contributed by atoms with Crippen molar-refractivity contribution in [2.75, 3.05) is 0 Å². The number of hydrogen-bond donors (Lipinski definition) is 5. The molecule has 64 valence electrons. The fraction of sp³-hybridized carbons (Fsp3) is 0. The Morgan fingerprint density at radius 3 is 1.30 bits per heavy atom. The van der Waals surface area contributed by atoms with E-state index >= 15 is 0 Å². The molecule has 0 aliphatic carbocycles. The lowest BCUT2D eigenvalue weighted by Crippen LogP contribution is -2.08. The second-order valence-corrected chi connectivity index (χ2v) is 1.83. The van der Waals surface area contributed by atoms with Crippen molar-refractivity contribution < 1.29 is 28.0 Å². The van der Waals surface area contributed by atoms with Gasteiger partial charge in [0.05, 0.1) is 0 Å². The maximum Gasteiger partial charge on any atom is 0.503 e. The second kappa shape index (κ2) is 6.22. The highest BCUT2D eigenvalue weighted by molar-refractivity contribution is 7.83.